The smallest absolute Gasteiger partial charge is 0.164 e. The zero-order chi connectivity index (χ0) is 14.5. The first-order valence-electron chi connectivity index (χ1n) is 6.64. The summed E-state index contributed by atoms with van der Waals surface area (Å²) in [7, 11) is 0. The highest BCUT2D eigenvalue weighted by molar-refractivity contribution is 9.10. The molecule has 5 nitrogen and oxygen atoms in total. The van der Waals surface area contributed by atoms with Crippen molar-refractivity contribution in [3.63, 3.8) is 0 Å². The molecule has 0 saturated carbocycles. The Bertz CT molecular complexity index is 583. The van der Waals surface area contributed by atoms with E-state index in [9.17, 15) is 0 Å². The Hall–Kier alpha value is -1.40. The maximum atomic E-state index is 5.92. The second kappa shape index (κ2) is 6.85. The molecule has 0 radical (unpaired) electrons. The van der Waals surface area contributed by atoms with Gasteiger partial charge in [0.1, 0.15) is 18.7 Å². The summed E-state index contributed by atoms with van der Waals surface area (Å²) < 4.78 is 8.80. The van der Waals surface area contributed by atoms with Crippen molar-refractivity contribution in [2.75, 3.05) is 0 Å². The molecular formula is C14H19BrN4O. The van der Waals surface area contributed by atoms with Crippen LogP contribution in [0.15, 0.2) is 22.9 Å². The summed E-state index contributed by atoms with van der Waals surface area (Å²) >= 11 is 3.47. The number of hydrogen-bond donors (Lipinski definition) is 1. The lowest BCUT2D eigenvalue weighted by molar-refractivity contribution is 0.281. The zero-order valence-corrected chi connectivity index (χ0v) is 13.4. The largest absolute Gasteiger partial charge is 0.485 e. The van der Waals surface area contributed by atoms with Crippen molar-refractivity contribution in [2.45, 2.75) is 40.0 Å². The number of halogens is 1. The molecule has 0 aliphatic rings. The van der Waals surface area contributed by atoms with Crippen LogP contribution in [-0.4, -0.2) is 14.8 Å². The summed E-state index contributed by atoms with van der Waals surface area (Å²) in [5.74, 6) is 1.67. The second-order valence-corrected chi connectivity index (χ2v) is 5.52. The predicted molar refractivity (Wildman–Crippen MR) is 81.4 cm³/mol. The third kappa shape index (κ3) is 3.37. The number of aryl methyl sites for hydroxylation is 2. The molecule has 0 saturated heterocycles. The Morgan fingerprint density at radius 3 is 2.90 bits per heavy atom. The van der Waals surface area contributed by atoms with Crippen LogP contribution in [0.25, 0.3) is 0 Å². The fraction of sp³-hybridized carbons (Fsp3) is 0.429. The lowest BCUT2D eigenvalue weighted by Crippen LogP contribution is -2.10. The topological polar surface area (TPSA) is 66.0 Å². The van der Waals surface area contributed by atoms with Gasteiger partial charge in [0.15, 0.2) is 5.82 Å². The van der Waals surface area contributed by atoms with E-state index >= 15 is 0 Å². The van der Waals surface area contributed by atoms with Crippen LogP contribution in [0.2, 0.25) is 0 Å². The molecule has 0 aliphatic carbocycles. The van der Waals surface area contributed by atoms with Gasteiger partial charge in [-0.15, -0.1) is 0 Å². The van der Waals surface area contributed by atoms with Crippen molar-refractivity contribution in [1.29, 1.82) is 0 Å². The monoisotopic (exact) mass is 338 g/mol. The van der Waals surface area contributed by atoms with Crippen LogP contribution in [0.3, 0.4) is 0 Å². The average molecular weight is 339 g/mol. The van der Waals surface area contributed by atoms with E-state index < -0.39 is 0 Å². The summed E-state index contributed by atoms with van der Waals surface area (Å²) in [6.07, 6.45) is 2.58. The van der Waals surface area contributed by atoms with Gasteiger partial charge in [-0.1, -0.05) is 22.9 Å². The first-order chi connectivity index (χ1) is 9.65. The predicted octanol–water partition coefficient (Wildman–Crippen LogP) is 2.80. The normalized spacial score (nSPS) is 10.8. The van der Waals surface area contributed by atoms with Crippen molar-refractivity contribution < 1.29 is 4.74 Å². The fourth-order valence-corrected chi connectivity index (χ4v) is 2.71. The highest BCUT2D eigenvalue weighted by atomic mass is 79.9. The third-order valence-electron chi connectivity index (χ3n) is 3.01. The number of benzene rings is 1. The van der Waals surface area contributed by atoms with Gasteiger partial charge in [0.25, 0.3) is 0 Å². The van der Waals surface area contributed by atoms with Crippen LogP contribution in [0, 0.1) is 6.92 Å². The molecule has 0 atom stereocenters. The van der Waals surface area contributed by atoms with Gasteiger partial charge in [-0.05, 0) is 31.0 Å². The quantitative estimate of drug-likeness (QED) is 0.879. The number of aromatic nitrogens is 3. The van der Waals surface area contributed by atoms with Crippen LogP contribution in [0.5, 0.6) is 5.75 Å². The van der Waals surface area contributed by atoms with Crippen LogP contribution in [0.1, 0.15) is 30.3 Å². The molecule has 1 aromatic carbocycles. The highest BCUT2D eigenvalue weighted by Crippen LogP contribution is 2.28. The number of nitrogens with zero attached hydrogens (tertiary/aromatic N) is 3. The second-order valence-electron chi connectivity index (χ2n) is 4.60. The summed E-state index contributed by atoms with van der Waals surface area (Å²) in [6, 6.07) is 4.00. The van der Waals surface area contributed by atoms with E-state index in [0.29, 0.717) is 13.2 Å². The number of rotatable bonds is 6. The molecule has 2 rings (SSSR count). The summed E-state index contributed by atoms with van der Waals surface area (Å²) in [5.41, 5.74) is 7.82. The van der Waals surface area contributed by atoms with Gasteiger partial charge in [-0.25, -0.2) is 9.67 Å². The Kier molecular flexibility index (Phi) is 5.14. The lowest BCUT2D eigenvalue weighted by Gasteiger charge is -2.14. The molecule has 0 amide bonds. The Morgan fingerprint density at radius 1 is 1.40 bits per heavy atom. The summed E-state index contributed by atoms with van der Waals surface area (Å²) in [5, 5.41) is 4.19. The van der Waals surface area contributed by atoms with Gasteiger partial charge in [0, 0.05) is 23.1 Å². The maximum absolute atomic E-state index is 5.92. The van der Waals surface area contributed by atoms with E-state index in [-0.39, 0.29) is 0 Å². The lowest BCUT2D eigenvalue weighted by atomic mass is 10.1. The van der Waals surface area contributed by atoms with E-state index in [0.717, 1.165) is 40.1 Å². The third-order valence-corrected chi connectivity index (χ3v) is 3.47. The molecule has 0 unspecified atom stereocenters. The molecule has 108 valence electrons. The van der Waals surface area contributed by atoms with Gasteiger partial charge in [-0.3, -0.25) is 0 Å². The molecule has 1 aromatic heterocycles. The van der Waals surface area contributed by atoms with E-state index in [1.165, 1.54) is 0 Å². The number of ether oxygens (including phenoxy) is 1. The highest BCUT2D eigenvalue weighted by Gasteiger charge is 2.10. The summed E-state index contributed by atoms with van der Waals surface area (Å²) in [6.45, 7) is 5.81. The maximum Gasteiger partial charge on any atom is 0.164 e. The van der Waals surface area contributed by atoms with E-state index in [1.807, 2.05) is 23.7 Å². The Morgan fingerprint density at radius 2 is 2.20 bits per heavy atom. The van der Waals surface area contributed by atoms with Crippen LogP contribution in [-0.2, 0) is 19.7 Å². The number of nitrogens with two attached hydrogens (primary N) is 1. The number of hydrogen-bond acceptors (Lipinski definition) is 4. The molecule has 1 heterocycles. The van der Waals surface area contributed by atoms with Crippen molar-refractivity contribution >= 4 is 15.9 Å². The minimum Gasteiger partial charge on any atom is -0.485 e. The van der Waals surface area contributed by atoms with Crippen molar-refractivity contribution in [3.8, 4) is 5.75 Å². The first kappa shape index (κ1) is 15.0. The SMILES string of the molecule is CCCn1ncnc1COc1c(C)cc(Br)cc1CN. The van der Waals surface area contributed by atoms with Gasteiger partial charge < -0.3 is 10.5 Å². The van der Waals surface area contributed by atoms with Gasteiger partial charge in [0.2, 0.25) is 0 Å². The molecule has 6 heteroatoms. The van der Waals surface area contributed by atoms with Gasteiger partial charge in [0.05, 0.1) is 0 Å². The zero-order valence-electron chi connectivity index (χ0n) is 11.8. The standard InChI is InChI=1S/C14H19BrN4O/c1-3-4-19-13(17-9-18-19)8-20-14-10(2)5-12(15)6-11(14)7-16/h5-6,9H,3-4,7-8,16H2,1-2H3. The Balaban J connectivity index is 2.16. The first-order valence-corrected chi connectivity index (χ1v) is 7.43. The fourth-order valence-electron chi connectivity index (χ4n) is 2.09. The molecule has 0 fully saturated rings. The van der Waals surface area contributed by atoms with Crippen LogP contribution >= 0.6 is 15.9 Å². The molecular weight excluding hydrogens is 320 g/mol. The molecule has 20 heavy (non-hydrogen) atoms. The minimum atomic E-state index is 0.398. The van der Waals surface area contributed by atoms with Gasteiger partial charge in [-0.2, -0.15) is 5.10 Å². The minimum absolute atomic E-state index is 0.398. The molecule has 0 bridgehead atoms. The molecule has 2 aromatic rings. The van der Waals surface area contributed by atoms with Crippen molar-refractivity contribution in [3.05, 3.63) is 39.9 Å². The van der Waals surface area contributed by atoms with E-state index in [2.05, 4.69) is 32.9 Å². The molecule has 0 spiro atoms. The van der Waals surface area contributed by atoms with Crippen LogP contribution in [0.4, 0.5) is 0 Å². The molecule has 0 aliphatic heterocycles. The van der Waals surface area contributed by atoms with E-state index in [4.69, 9.17) is 10.5 Å². The van der Waals surface area contributed by atoms with Crippen LogP contribution < -0.4 is 10.5 Å². The van der Waals surface area contributed by atoms with Crippen molar-refractivity contribution in [1.82, 2.24) is 14.8 Å². The van der Waals surface area contributed by atoms with E-state index in [1.54, 1.807) is 6.33 Å². The summed E-state index contributed by atoms with van der Waals surface area (Å²) in [4.78, 5) is 4.24. The molecule has 2 N–H and O–H groups in total. The Labute approximate surface area is 127 Å². The average Bonchev–Trinajstić information content (AvgIpc) is 2.85. The van der Waals surface area contributed by atoms with Gasteiger partial charge >= 0.3 is 0 Å². The van der Waals surface area contributed by atoms with Crippen molar-refractivity contribution in [2.24, 2.45) is 5.73 Å².